The number of nitrogens with one attached hydrogen (secondary N) is 1. The van der Waals surface area contributed by atoms with E-state index in [2.05, 4.69) is 5.32 Å². The zero-order valence-electron chi connectivity index (χ0n) is 13.3. The number of likely N-dealkylation sites (N-methyl/N-ethyl adjacent to an activating group) is 1. The molecule has 0 aliphatic heterocycles. The van der Waals surface area contributed by atoms with Gasteiger partial charge in [-0.1, -0.05) is 6.07 Å². The van der Waals surface area contributed by atoms with Gasteiger partial charge in [0.1, 0.15) is 0 Å². The van der Waals surface area contributed by atoms with Gasteiger partial charge in [-0.2, -0.15) is 13.2 Å². The van der Waals surface area contributed by atoms with Gasteiger partial charge in [0.15, 0.2) is 0 Å². The number of hydrogen-bond donors (Lipinski definition) is 1. The van der Waals surface area contributed by atoms with Gasteiger partial charge in [0.2, 0.25) is 11.8 Å². The van der Waals surface area contributed by atoms with Gasteiger partial charge in [0, 0.05) is 25.7 Å². The molecular formula is C15H20F3N3O2. The number of nitrogens with zero attached hydrogens (tertiary/aromatic N) is 2. The fourth-order valence-electron chi connectivity index (χ4n) is 1.82. The lowest BCUT2D eigenvalue weighted by Gasteiger charge is -2.22. The molecule has 2 amide bonds. The third-order valence-electron chi connectivity index (χ3n) is 3.07. The Hall–Kier alpha value is -2.09. The second-order valence-electron chi connectivity index (χ2n) is 5.37. The molecule has 23 heavy (non-hydrogen) atoms. The van der Waals surface area contributed by atoms with Crippen LogP contribution in [0.3, 0.4) is 0 Å². The Morgan fingerprint density at radius 1 is 1.17 bits per heavy atom. The van der Waals surface area contributed by atoms with Gasteiger partial charge in [-0.25, -0.2) is 0 Å². The van der Waals surface area contributed by atoms with E-state index in [9.17, 15) is 22.8 Å². The number of carbonyl (C=O) groups excluding carboxylic acids is 2. The van der Waals surface area contributed by atoms with E-state index in [1.54, 1.807) is 0 Å². The average Bonchev–Trinajstić information content (AvgIpc) is 2.42. The van der Waals surface area contributed by atoms with E-state index >= 15 is 0 Å². The largest absolute Gasteiger partial charge is 0.416 e. The fraction of sp³-hybridized carbons (Fsp3) is 0.467. The van der Waals surface area contributed by atoms with E-state index < -0.39 is 17.6 Å². The number of benzene rings is 1. The van der Waals surface area contributed by atoms with Crippen molar-refractivity contribution in [2.75, 3.05) is 39.0 Å². The maximum Gasteiger partial charge on any atom is 0.416 e. The third kappa shape index (κ3) is 6.68. The van der Waals surface area contributed by atoms with Gasteiger partial charge >= 0.3 is 6.18 Å². The summed E-state index contributed by atoms with van der Waals surface area (Å²) in [4.78, 5) is 26.6. The van der Waals surface area contributed by atoms with Crippen LogP contribution in [-0.4, -0.2) is 55.3 Å². The molecular weight excluding hydrogens is 311 g/mol. The highest BCUT2D eigenvalue weighted by Gasteiger charge is 2.30. The molecule has 8 heteroatoms. The standard InChI is InChI=1S/C15H20F3N3O2/c1-11(22)21(8-7-20(2)3)10-14(23)19-13-6-4-5-12(9-13)15(16,17)18/h4-6,9H,7-8,10H2,1-3H3,(H,19,23). The molecule has 0 aromatic heterocycles. The van der Waals surface area contributed by atoms with Crippen molar-refractivity contribution in [3.05, 3.63) is 29.8 Å². The van der Waals surface area contributed by atoms with Crippen molar-refractivity contribution in [3.63, 3.8) is 0 Å². The van der Waals surface area contributed by atoms with E-state index in [0.29, 0.717) is 13.1 Å². The first-order chi connectivity index (χ1) is 10.6. The quantitative estimate of drug-likeness (QED) is 0.868. The van der Waals surface area contributed by atoms with Crippen molar-refractivity contribution in [2.24, 2.45) is 0 Å². The molecule has 1 N–H and O–H groups in total. The molecule has 0 radical (unpaired) electrons. The Morgan fingerprint density at radius 3 is 2.35 bits per heavy atom. The van der Waals surface area contributed by atoms with E-state index in [1.165, 1.54) is 24.0 Å². The summed E-state index contributed by atoms with van der Waals surface area (Å²) in [5, 5.41) is 2.38. The van der Waals surface area contributed by atoms with Crippen molar-refractivity contribution < 1.29 is 22.8 Å². The van der Waals surface area contributed by atoms with E-state index in [-0.39, 0.29) is 18.1 Å². The molecule has 1 aromatic rings. The number of alkyl halides is 3. The molecule has 1 rings (SSSR count). The summed E-state index contributed by atoms with van der Waals surface area (Å²) in [6, 6.07) is 4.36. The second-order valence-corrected chi connectivity index (χ2v) is 5.37. The molecule has 0 atom stereocenters. The van der Waals surface area contributed by atoms with Crippen molar-refractivity contribution in [1.82, 2.24) is 9.80 Å². The number of anilines is 1. The van der Waals surface area contributed by atoms with Crippen molar-refractivity contribution in [2.45, 2.75) is 13.1 Å². The second kappa shape index (κ2) is 7.96. The van der Waals surface area contributed by atoms with Crippen LogP contribution < -0.4 is 5.32 Å². The molecule has 0 saturated heterocycles. The van der Waals surface area contributed by atoms with Crippen LogP contribution in [0.4, 0.5) is 18.9 Å². The smallest absolute Gasteiger partial charge is 0.332 e. The van der Waals surface area contributed by atoms with Gasteiger partial charge < -0.3 is 15.1 Å². The highest BCUT2D eigenvalue weighted by atomic mass is 19.4. The SMILES string of the molecule is CC(=O)N(CCN(C)C)CC(=O)Nc1cccc(C(F)(F)F)c1. The van der Waals surface area contributed by atoms with Crippen LogP contribution in [0.2, 0.25) is 0 Å². The van der Waals surface area contributed by atoms with Crippen LogP contribution in [0.1, 0.15) is 12.5 Å². The molecule has 0 unspecified atom stereocenters. The van der Waals surface area contributed by atoms with Gasteiger partial charge in [-0.3, -0.25) is 9.59 Å². The molecule has 0 spiro atoms. The first-order valence-corrected chi connectivity index (χ1v) is 6.97. The summed E-state index contributed by atoms with van der Waals surface area (Å²) in [6.45, 7) is 2.07. The van der Waals surface area contributed by atoms with Gasteiger partial charge in [0.25, 0.3) is 0 Å². The summed E-state index contributed by atoms with van der Waals surface area (Å²) in [7, 11) is 3.67. The van der Waals surface area contributed by atoms with Crippen LogP contribution in [0, 0.1) is 0 Å². The Bertz CT molecular complexity index is 559. The van der Waals surface area contributed by atoms with Gasteiger partial charge in [0.05, 0.1) is 12.1 Å². The topological polar surface area (TPSA) is 52.7 Å². The Morgan fingerprint density at radius 2 is 1.83 bits per heavy atom. The van der Waals surface area contributed by atoms with Crippen LogP contribution in [0.25, 0.3) is 0 Å². The molecule has 5 nitrogen and oxygen atoms in total. The normalized spacial score (nSPS) is 11.4. The highest BCUT2D eigenvalue weighted by molar-refractivity contribution is 5.94. The van der Waals surface area contributed by atoms with E-state index in [4.69, 9.17) is 0 Å². The van der Waals surface area contributed by atoms with Crippen molar-refractivity contribution >= 4 is 17.5 Å². The molecule has 0 fully saturated rings. The summed E-state index contributed by atoms with van der Waals surface area (Å²) in [5.74, 6) is -0.815. The summed E-state index contributed by atoms with van der Waals surface area (Å²) < 4.78 is 37.9. The lowest BCUT2D eigenvalue weighted by Crippen LogP contribution is -2.40. The average molecular weight is 331 g/mol. The fourth-order valence-corrected chi connectivity index (χ4v) is 1.82. The zero-order valence-corrected chi connectivity index (χ0v) is 13.3. The maximum absolute atomic E-state index is 12.6. The molecule has 0 bridgehead atoms. The number of hydrogen-bond acceptors (Lipinski definition) is 3. The Kier molecular flexibility index (Phi) is 6.56. The van der Waals surface area contributed by atoms with Crippen LogP contribution in [-0.2, 0) is 15.8 Å². The van der Waals surface area contributed by atoms with Crippen molar-refractivity contribution in [1.29, 1.82) is 0 Å². The lowest BCUT2D eigenvalue weighted by atomic mass is 10.2. The minimum Gasteiger partial charge on any atom is -0.332 e. The number of rotatable bonds is 6. The highest BCUT2D eigenvalue weighted by Crippen LogP contribution is 2.30. The number of carbonyl (C=O) groups is 2. The summed E-state index contributed by atoms with van der Waals surface area (Å²) in [5.41, 5.74) is -0.799. The molecule has 0 aliphatic carbocycles. The maximum atomic E-state index is 12.6. The minimum absolute atomic E-state index is 0.0425. The van der Waals surface area contributed by atoms with Crippen LogP contribution in [0.5, 0.6) is 0 Å². The van der Waals surface area contributed by atoms with Crippen molar-refractivity contribution in [3.8, 4) is 0 Å². The third-order valence-corrected chi connectivity index (χ3v) is 3.07. The molecule has 1 aromatic carbocycles. The summed E-state index contributed by atoms with van der Waals surface area (Å²) >= 11 is 0. The number of amides is 2. The Labute approximate surface area is 133 Å². The zero-order chi connectivity index (χ0) is 17.6. The van der Waals surface area contributed by atoms with Gasteiger partial charge in [-0.05, 0) is 32.3 Å². The van der Waals surface area contributed by atoms with E-state index in [1.807, 2.05) is 19.0 Å². The first-order valence-electron chi connectivity index (χ1n) is 6.97. The monoisotopic (exact) mass is 331 g/mol. The predicted molar refractivity (Wildman–Crippen MR) is 80.9 cm³/mol. The van der Waals surface area contributed by atoms with Crippen LogP contribution >= 0.6 is 0 Å². The minimum atomic E-state index is -4.47. The molecule has 0 heterocycles. The first kappa shape index (κ1) is 19.0. The van der Waals surface area contributed by atoms with Gasteiger partial charge in [-0.15, -0.1) is 0 Å². The summed E-state index contributed by atoms with van der Waals surface area (Å²) in [6.07, 6.45) is -4.47. The van der Waals surface area contributed by atoms with E-state index in [0.717, 1.165) is 12.1 Å². The molecule has 0 saturated carbocycles. The van der Waals surface area contributed by atoms with Crippen LogP contribution in [0.15, 0.2) is 24.3 Å². The molecule has 0 aliphatic rings. The predicted octanol–water partition coefficient (Wildman–Crippen LogP) is 2.05. The number of halogens is 3. The Balaban J connectivity index is 2.69. The lowest BCUT2D eigenvalue weighted by molar-refractivity contribution is -0.137. The molecule has 128 valence electrons.